The number of hydrogen-bond acceptors (Lipinski definition) is 5. The van der Waals surface area contributed by atoms with Gasteiger partial charge in [-0.15, -0.1) is 0 Å². The monoisotopic (exact) mass is 447 g/mol. The molecule has 0 atom stereocenters. The fourth-order valence-electron chi connectivity index (χ4n) is 5.97. The Balaban J connectivity index is 1.25. The zero-order valence-corrected chi connectivity index (χ0v) is 18.5. The standard InChI is InChI=1S/C22H29N3O5S/c1-14(26)18-3-2-4-19(10-18)31(29,30)23-6-5-20(27)24-25-21(28)22-11-15-7-16(12-22)9-17(8-15)13-22/h2-4,10,15-17,23H,5-9,11-13H2,1H3,(H,24,27)(H,25,28). The van der Waals surface area contributed by atoms with Crippen molar-refractivity contribution in [3.8, 4) is 0 Å². The molecule has 0 aliphatic heterocycles. The van der Waals surface area contributed by atoms with Crippen molar-refractivity contribution in [2.75, 3.05) is 6.54 Å². The molecule has 1 aromatic rings. The Bertz CT molecular complexity index is 969. The summed E-state index contributed by atoms with van der Waals surface area (Å²) in [5.74, 6) is 1.09. The highest BCUT2D eigenvalue weighted by molar-refractivity contribution is 7.89. The molecule has 0 spiro atoms. The second-order valence-electron chi connectivity index (χ2n) is 9.43. The zero-order chi connectivity index (χ0) is 22.2. The van der Waals surface area contributed by atoms with Gasteiger partial charge in [0.05, 0.1) is 10.3 Å². The lowest BCUT2D eigenvalue weighted by Crippen LogP contribution is -2.56. The molecular weight excluding hydrogens is 418 g/mol. The highest BCUT2D eigenvalue weighted by Gasteiger charge is 2.54. The predicted octanol–water partition coefficient (Wildman–Crippen LogP) is 1.92. The number of carbonyl (C=O) groups is 3. The van der Waals surface area contributed by atoms with Gasteiger partial charge in [-0.05, 0) is 75.3 Å². The van der Waals surface area contributed by atoms with Crippen LogP contribution in [0.4, 0.5) is 0 Å². The maximum atomic E-state index is 12.8. The Kier molecular flexibility index (Phi) is 5.91. The molecule has 4 saturated carbocycles. The van der Waals surface area contributed by atoms with E-state index in [1.54, 1.807) is 6.07 Å². The van der Waals surface area contributed by atoms with Crippen LogP contribution in [0.15, 0.2) is 29.2 Å². The molecule has 4 bridgehead atoms. The number of hydrazine groups is 1. The lowest BCUT2D eigenvalue weighted by atomic mass is 9.49. The van der Waals surface area contributed by atoms with Crippen LogP contribution >= 0.6 is 0 Å². The minimum Gasteiger partial charge on any atom is -0.295 e. The lowest BCUT2D eigenvalue weighted by molar-refractivity contribution is -0.148. The van der Waals surface area contributed by atoms with E-state index in [9.17, 15) is 22.8 Å². The summed E-state index contributed by atoms with van der Waals surface area (Å²) >= 11 is 0. The van der Waals surface area contributed by atoms with Crippen LogP contribution in [0.5, 0.6) is 0 Å². The molecule has 9 heteroatoms. The van der Waals surface area contributed by atoms with Crippen molar-refractivity contribution in [2.24, 2.45) is 23.2 Å². The van der Waals surface area contributed by atoms with Crippen molar-refractivity contribution in [1.82, 2.24) is 15.6 Å². The Morgan fingerprint density at radius 2 is 1.61 bits per heavy atom. The molecular formula is C22H29N3O5S. The maximum Gasteiger partial charge on any atom is 0.244 e. The van der Waals surface area contributed by atoms with E-state index in [2.05, 4.69) is 15.6 Å². The molecule has 3 N–H and O–H groups in total. The van der Waals surface area contributed by atoms with Crippen LogP contribution in [0.2, 0.25) is 0 Å². The highest BCUT2D eigenvalue weighted by atomic mass is 32.2. The Morgan fingerprint density at radius 1 is 1.00 bits per heavy atom. The molecule has 0 aromatic heterocycles. The smallest absolute Gasteiger partial charge is 0.244 e. The Morgan fingerprint density at radius 3 is 2.19 bits per heavy atom. The van der Waals surface area contributed by atoms with Crippen molar-refractivity contribution >= 4 is 27.6 Å². The SMILES string of the molecule is CC(=O)c1cccc(S(=O)(=O)NCCC(=O)NNC(=O)C23CC4CC(CC(C4)C2)C3)c1. The van der Waals surface area contributed by atoms with E-state index in [4.69, 9.17) is 0 Å². The molecule has 4 aliphatic carbocycles. The van der Waals surface area contributed by atoms with Gasteiger partial charge in [-0.25, -0.2) is 13.1 Å². The number of rotatable bonds is 7. The van der Waals surface area contributed by atoms with Gasteiger partial charge in [0.1, 0.15) is 0 Å². The molecule has 1 aromatic carbocycles. The fraction of sp³-hybridized carbons (Fsp3) is 0.591. The first-order valence-corrected chi connectivity index (χ1v) is 12.4. The molecule has 8 nitrogen and oxygen atoms in total. The number of Topliss-reactive ketones (excluding diaryl/α,β-unsaturated/α-hetero) is 1. The maximum absolute atomic E-state index is 12.8. The first kappa shape index (κ1) is 22.0. The van der Waals surface area contributed by atoms with Crippen LogP contribution in [0.3, 0.4) is 0 Å². The first-order valence-electron chi connectivity index (χ1n) is 10.9. The summed E-state index contributed by atoms with van der Waals surface area (Å²) in [6, 6.07) is 5.73. The third-order valence-electron chi connectivity index (χ3n) is 7.03. The van der Waals surface area contributed by atoms with E-state index in [-0.39, 0.29) is 35.0 Å². The zero-order valence-electron chi connectivity index (χ0n) is 17.6. The molecule has 4 aliphatic rings. The van der Waals surface area contributed by atoms with Gasteiger partial charge in [-0.2, -0.15) is 0 Å². The summed E-state index contributed by atoms with van der Waals surface area (Å²) in [6.45, 7) is 1.24. The average molecular weight is 448 g/mol. The van der Waals surface area contributed by atoms with E-state index in [0.29, 0.717) is 23.3 Å². The van der Waals surface area contributed by atoms with Gasteiger partial charge in [0.25, 0.3) is 0 Å². The summed E-state index contributed by atoms with van der Waals surface area (Å²) in [7, 11) is -3.84. The topological polar surface area (TPSA) is 121 Å². The van der Waals surface area contributed by atoms with E-state index in [1.807, 2.05) is 0 Å². The molecule has 2 amide bonds. The second-order valence-corrected chi connectivity index (χ2v) is 11.2. The minimum atomic E-state index is -3.84. The number of carbonyl (C=O) groups excluding carboxylic acids is 3. The molecule has 0 saturated heterocycles. The average Bonchev–Trinajstić information content (AvgIpc) is 2.71. The van der Waals surface area contributed by atoms with Gasteiger partial charge < -0.3 is 0 Å². The number of nitrogens with one attached hydrogen (secondary N) is 3. The second kappa shape index (κ2) is 8.35. The number of benzene rings is 1. The number of ketones is 1. The lowest BCUT2D eigenvalue weighted by Gasteiger charge is -2.55. The largest absolute Gasteiger partial charge is 0.295 e. The normalized spacial score (nSPS) is 28.9. The van der Waals surface area contributed by atoms with E-state index >= 15 is 0 Å². The molecule has 31 heavy (non-hydrogen) atoms. The Hall–Kier alpha value is -2.26. The summed E-state index contributed by atoms with van der Waals surface area (Å²) in [5.41, 5.74) is 4.97. The van der Waals surface area contributed by atoms with Crippen LogP contribution in [-0.4, -0.2) is 32.6 Å². The van der Waals surface area contributed by atoms with Crippen molar-refractivity contribution < 1.29 is 22.8 Å². The fourth-order valence-corrected chi connectivity index (χ4v) is 7.05. The first-order chi connectivity index (χ1) is 14.7. The van der Waals surface area contributed by atoms with Crippen LogP contribution < -0.4 is 15.6 Å². The Labute approximate surface area is 182 Å². The molecule has 5 rings (SSSR count). The molecule has 0 heterocycles. The molecule has 0 radical (unpaired) electrons. The predicted molar refractivity (Wildman–Crippen MR) is 113 cm³/mol. The third kappa shape index (κ3) is 4.67. The highest BCUT2D eigenvalue weighted by Crippen LogP contribution is 2.60. The van der Waals surface area contributed by atoms with Crippen molar-refractivity contribution in [2.45, 2.75) is 56.8 Å². The van der Waals surface area contributed by atoms with Gasteiger partial charge in [0.2, 0.25) is 21.8 Å². The van der Waals surface area contributed by atoms with Gasteiger partial charge in [0.15, 0.2) is 5.78 Å². The summed E-state index contributed by atoms with van der Waals surface area (Å²) < 4.78 is 27.1. The quantitative estimate of drug-likeness (QED) is 0.436. The van der Waals surface area contributed by atoms with Gasteiger partial charge >= 0.3 is 0 Å². The van der Waals surface area contributed by atoms with E-state index in [1.165, 1.54) is 44.4 Å². The van der Waals surface area contributed by atoms with Gasteiger partial charge in [-0.1, -0.05) is 12.1 Å². The van der Waals surface area contributed by atoms with Gasteiger partial charge in [0, 0.05) is 18.5 Å². The number of sulfonamides is 1. The van der Waals surface area contributed by atoms with Crippen LogP contribution in [0.1, 0.15) is 62.2 Å². The number of amides is 2. The van der Waals surface area contributed by atoms with Crippen LogP contribution in [0, 0.1) is 23.2 Å². The van der Waals surface area contributed by atoms with Crippen molar-refractivity contribution in [3.63, 3.8) is 0 Å². The minimum absolute atomic E-state index is 0.0317. The number of hydrogen-bond donors (Lipinski definition) is 3. The van der Waals surface area contributed by atoms with Crippen molar-refractivity contribution in [3.05, 3.63) is 29.8 Å². The summed E-state index contributed by atoms with van der Waals surface area (Å²) in [4.78, 5) is 36.4. The van der Waals surface area contributed by atoms with E-state index < -0.39 is 15.9 Å². The summed E-state index contributed by atoms with van der Waals surface area (Å²) in [6.07, 6.45) is 6.28. The third-order valence-corrected chi connectivity index (χ3v) is 8.49. The van der Waals surface area contributed by atoms with Crippen LogP contribution in [-0.2, 0) is 19.6 Å². The molecule has 168 valence electrons. The molecule has 4 fully saturated rings. The van der Waals surface area contributed by atoms with Crippen LogP contribution in [0.25, 0.3) is 0 Å². The molecule has 0 unspecified atom stereocenters. The van der Waals surface area contributed by atoms with Gasteiger partial charge in [-0.3, -0.25) is 25.2 Å². The van der Waals surface area contributed by atoms with Crippen molar-refractivity contribution in [1.29, 1.82) is 0 Å². The van der Waals surface area contributed by atoms with E-state index in [0.717, 1.165) is 19.3 Å². The summed E-state index contributed by atoms with van der Waals surface area (Å²) in [5, 5.41) is 0.